The third-order valence-corrected chi connectivity index (χ3v) is 2.68. The number of phenols is 1. The SMILES string of the molecule is Oc1ccc2c(c1)C1CCOC1O2. The highest BCUT2D eigenvalue weighted by Gasteiger charge is 2.39. The van der Waals surface area contributed by atoms with Gasteiger partial charge in [0, 0.05) is 5.56 Å². The first-order valence-corrected chi connectivity index (χ1v) is 4.46. The highest BCUT2D eigenvalue weighted by molar-refractivity contribution is 5.45. The molecular weight excluding hydrogens is 168 g/mol. The molecule has 1 aromatic carbocycles. The summed E-state index contributed by atoms with van der Waals surface area (Å²) in [6.45, 7) is 0.754. The summed E-state index contributed by atoms with van der Waals surface area (Å²) < 4.78 is 10.9. The van der Waals surface area contributed by atoms with E-state index in [1.165, 1.54) is 0 Å². The van der Waals surface area contributed by atoms with Crippen molar-refractivity contribution in [3.8, 4) is 11.5 Å². The predicted octanol–water partition coefficient (Wildman–Crippen LogP) is 1.61. The van der Waals surface area contributed by atoms with Gasteiger partial charge in [-0.25, -0.2) is 0 Å². The highest BCUT2D eigenvalue weighted by atomic mass is 16.7. The van der Waals surface area contributed by atoms with Gasteiger partial charge in [0.2, 0.25) is 6.29 Å². The second kappa shape index (κ2) is 2.39. The van der Waals surface area contributed by atoms with Crippen LogP contribution in [0.25, 0.3) is 0 Å². The molecular formula is C10H10O3. The number of fused-ring (bicyclic) bond motifs is 3. The van der Waals surface area contributed by atoms with Crippen molar-refractivity contribution in [3.05, 3.63) is 23.8 Å². The number of benzene rings is 1. The Bertz CT molecular complexity index is 348. The fraction of sp³-hybridized carbons (Fsp3) is 0.400. The Labute approximate surface area is 75.9 Å². The van der Waals surface area contributed by atoms with Crippen molar-refractivity contribution in [2.45, 2.75) is 18.6 Å². The lowest BCUT2D eigenvalue weighted by atomic mass is 9.99. The van der Waals surface area contributed by atoms with Gasteiger partial charge >= 0.3 is 0 Å². The van der Waals surface area contributed by atoms with E-state index in [9.17, 15) is 5.11 Å². The van der Waals surface area contributed by atoms with Crippen molar-refractivity contribution in [3.63, 3.8) is 0 Å². The molecule has 13 heavy (non-hydrogen) atoms. The summed E-state index contributed by atoms with van der Waals surface area (Å²) in [5.41, 5.74) is 1.09. The highest BCUT2D eigenvalue weighted by Crippen LogP contribution is 2.44. The van der Waals surface area contributed by atoms with Gasteiger partial charge in [0.15, 0.2) is 0 Å². The standard InChI is InChI=1S/C10H10O3/c11-6-1-2-9-8(5-6)7-3-4-12-10(7)13-9/h1-2,5,7,10-11H,3-4H2. The molecule has 0 saturated carbocycles. The van der Waals surface area contributed by atoms with Crippen LogP contribution in [0.2, 0.25) is 0 Å². The summed E-state index contributed by atoms with van der Waals surface area (Å²) in [6, 6.07) is 5.21. The molecule has 1 N–H and O–H groups in total. The van der Waals surface area contributed by atoms with E-state index >= 15 is 0 Å². The molecule has 0 bridgehead atoms. The number of aromatic hydroxyl groups is 1. The van der Waals surface area contributed by atoms with Gasteiger partial charge in [-0.3, -0.25) is 0 Å². The van der Waals surface area contributed by atoms with Crippen molar-refractivity contribution >= 4 is 0 Å². The fourth-order valence-electron chi connectivity index (χ4n) is 2.04. The van der Waals surface area contributed by atoms with Gasteiger partial charge in [0.25, 0.3) is 0 Å². The molecule has 3 nitrogen and oxygen atoms in total. The largest absolute Gasteiger partial charge is 0.508 e. The number of phenolic OH excluding ortho intramolecular Hbond substituents is 1. The summed E-state index contributed by atoms with van der Waals surface area (Å²) in [6.07, 6.45) is 0.873. The molecule has 0 spiro atoms. The second-order valence-electron chi connectivity index (χ2n) is 3.47. The topological polar surface area (TPSA) is 38.7 Å². The summed E-state index contributed by atoms with van der Waals surface area (Å²) in [7, 11) is 0. The Balaban J connectivity index is 2.09. The smallest absolute Gasteiger partial charge is 0.206 e. The number of rotatable bonds is 0. The Hall–Kier alpha value is -1.22. The van der Waals surface area contributed by atoms with Crippen LogP contribution in [-0.4, -0.2) is 18.0 Å². The summed E-state index contributed by atoms with van der Waals surface area (Å²) >= 11 is 0. The molecule has 0 amide bonds. The van der Waals surface area contributed by atoms with E-state index < -0.39 is 0 Å². The van der Waals surface area contributed by atoms with E-state index in [0.717, 1.165) is 24.3 Å². The molecule has 3 heteroatoms. The van der Waals surface area contributed by atoms with Crippen LogP contribution in [0.3, 0.4) is 0 Å². The van der Waals surface area contributed by atoms with Gasteiger partial charge in [-0.15, -0.1) is 0 Å². The van der Waals surface area contributed by atoms with Crippen LogP contribution >= 0.6 is 0 Å². The lowest BCUT2D eigenvalue weighted by molar-refractivity contribution is -0.0337. The minimum atomic E-state index is -0.114. The maximum Gasteiger partial charge on any atom is 0.206 e. The zero-order valence-electron chi connectivity index (χ0n) is 7.06. The molecule has 0 radical (unpaired) electrons. The average molecular weight is 178 g/mol. The third-order valence-electron chi connectivity index (χ3n) is 2.68. The van der Waals surface area contributed by atoms with Crippen molar-refractivity contribution in [2.24, 2.45) is 0 Å². The summed E-state index contributed by atoms with van der Waals surface area (Å²) in [4.78, 5) is 0. The zero-order chi connectivity index (χ0) is 8.84. The minimum absolute atomic E-state index is 0.114. The van der Waals surface area contributed by atoms with E-state index in [0.29, 0.717) is 11.7 Å². The van der Waals surface area contributed by atoms with Crippen LogP contribution in [0.15, 0.2) is 18.2 Å². The van der Waals surface area contributed by atoms with E-state index in [4.69, 9.17) is 9.47 Å². The number of hydrogen-bond donors (Lipinski definition) is 1. The number of hydrogen-bond acceptors (Lipinski definition) is 3. The molecule has 3 rings (SSSR count). The average Bonchev–Trinajstić information content (AvgIpc) is 2.64. The summed E-state index contributed by atoms with van der Waals surface area (Å²) in [5, 5.41) is 9.32. The van der Waals surface area contributed by atoms with E-state index in [1.54, 1.807) is 18.2 Å². The first-order chi connectivity index (χ1) is 6.34. The van der Waals surface area contributed by atoms with Crippen molar-refractivity contribution < 1.29 is 14.6 Å². The van der Waals surface area contributed by atoms with Crippen molar-refractivity contribution in [2.75, 3.05) is 6.61 Å². The lowest BCUT2D eigenvalue weighted by Gasteiger charge is -2.06. The molecule has 2 atom stereocenters. The van der Waals surface area contributed by atoms with E-state index in [1.807, 2.05) is 0 Å². The third kappa shape index (κ3) is 0.937. The molecule has 1 aromatic rings. The van der Waals surface area contributed by atoms with Crippen LogP contribution in [0.5, 0.6) is 11.5 Å². The monoisotopic (exact) mass is 178 g/mol. The van der Waals surface area contributed by atoms with Crippen LogP contribution in [0.4, 0.5) is 0 Å². The molecule has 68 valence electrons. The van der Waals surface area contributed by atoms with Gasteiger partial charge in [-0.1, -0.05) is 0 Å². The van der Waals surface area contributed by atoms with Gasteiger partial charge < -0.3 is 14.6 Å². The molecule has 0 aliphatic carbocycles. The second-order valence-corrected chi connectivity index (χ2v) is 3.47. The molecule has 1 fully saturated rings. The molecule has 2 heterocycles. The van der Waals surface area contributed by atoms with Gasteiger partial charge in [0.05, 0.1) is 12.5 Å². The zero-order valence-corrected chi connectivity index (χ0v) is 7.06. The lowest BCUT2D eigenvalue weighted by Crippen LogP contribution is -2.13. The maximum atomic E-state index is 9.32. The Morgan fingerprint density at radius 2 is 2.31 bits per heavy atom. The molecule has 2 unspecified atom stereocenters. The summed E-state index contributed by atoms with van der Waals surface area (Å²) in [5.74, 6) is 1.48. The Morgan fingerprint density at radius 1 is 1.38 bits per heavy atom. The van der Waals surface area contributed by atoms with Crippen LogP contribution in [-0.2, 0) is 4.74 Å². The Morgan fingerprint density at radius 3 is 3.23 bits per heavy atom. The van der Waals surface area contributed by atoms with Crippen LogP contribution < -0.4 is 4.74 Å². The molecule has 0 aromatic heterocycles. The normalized spacial score (nSPS) is 29.5. The maximum absolute atomic E-state index is 9.32. The van der Waals surface area contributed by atoms with Gasteiger partial charge in [0.1, 0.15) is 11.5 Å². The van der Waals surface area contributed by atoms with Crippen LogP contribution in [0.1, 0.15) is 17.9 Å². The van der Waals surface area contributed by atoms with Gasteiger partial charge in [-0.05, 0) is 24.6 Å². The van der Waals surface area contributed by atoms with Gasteiger partial charge in [-0.2, -0.15) is 0 Å². The Kier molecular flexibility index (Phi) is 1.32. The van der Waals surface area contributed by atoms with Crippen molar-refractivity contribution in [1.82, 2.24) is 0 Å². The minimum Gasteiger partial charge on any atom is -0.508 e. The quantitative estimate of drug-likeness (QED) is 0.656. The van der Waals surface area contributed by atoms with Crippen molar-refractivity contribution in [1.29, 1.82) is 0 Å². The fourth-order valence-corrected chi connectivity index (χ4v) is 2.04. The van der Waals surface area contributed by atoms with E-state index in [2.05, 4.69) is 0 Å². The predicted molar refractivity (Wildman–Crippen MR) is 45.8 cm³/mol. The molecule has 2 aliphatic heterocycles. The molecule has 1 saturated heterocycles. The number of ether oxygens (including phenoxy) is 2. The first-order valence-electron chi connectivity index (χ1n) is 4.46. The molecule has 2 aliphatic rings. The van der Waals surface area contributed by atoms with E-state index in [-0.39, 0.29) is 6.29 Å². The van der Waals surface area contributed by atoms with Crippen LogP contribution in [0, 0.1) is 0 Å². The first kappa shape index (κ1) is 7.21.